The zero-order valence-electron chi connectivity index (χ0n) is 16.3. The van der Waals surface area contributed by atoms with E-state index < -0.39 is 17.9 Å². The number of unbranched alkanes of at least 4 members (excludes halogenated alkanes) is 1. The molecule has 8 nitrogen and oxygen atoms in total. The number of carbonyl (C=O) groups is 3. The number of nitrogens with one attached hydrogen (secondary N) is 2. The van der Waals surface area contributed by atoms with Crippen LogP contribution in [0.2, 0.25) is 0 Å². The van der Waals surface area contributed by atoms with Crippen LogP contribution in [0.1, 0.15) is 36.5 Å². The van der Waals surface area contributed by atoms with Crippen molar-refractivity contribution in [3.8, 4) is 5.75 Å². The Morgan fingerprint density at radius 1 is 1.41 bits per heavy atom. The first-order valence-corrected chi connectivity index (χ1v) is 10.5. The highest BCUT2D eigenvalue weighted by molar-refractivity contribution is 9.10. The second-order valence-corrected chi connectivity index (χ2v) is 7.63. The van der Waals surface area contributed by atoms with Crippen molar-refractivity contribution in [1.82, 2.24) is 15.5 Å². The van der Waals surface area contributed by atoms with Gasteiger partial charge in [-0.2, -0.15) is 0 Å². The summed E-state index contributed by atoms with van der Waals surface area (Å²) in [6.45, 7) is 3.42. The number of esters is 1. The van der Waals surface area contributed by atoms with Gasteiger partial charge in [0.1, 0.15) is 11.8 Å². The number of rotatable bonds is 7. The molecule has 1 aliphatic heterocycles. The Morgan fingerprint density at radius 2 is 2.17 bits per heavy atom. The molecule has 158 valence electrons. The highest BCUT2D eigenvalue weighted by Gasteiger charge is 2.34. The van der Waals surface area contributed by atoms with Crippen molar-refractivity contribution in [3.05, 3.63) is 28.2 Å². The molecule has 1 aromatic carbocycles. The fourth-order valence-corrected chi connectivity index (χ4v) is 3.53. The van der Waals surface area contributed by atoms with Gasteiger partial charge in [0.05, 0.1) is 24.6 Å². The van der Waals surface area contributed by atoms with E-state index in [2.05, 4.69) is 38.2 Å². The van der Waals surface area contributed by atoms with Crippen LogP contribution < -0.4 is 15.4 Å². The molecule has 1 fully saturated rings. The van der Waals surface area contributed by atoms with Crippen LogP contribution in [0.15, 0.2) is 22.7 Å². The number of methoxy groups -OCH3 is 1. The van der Waals surface area contributed by atoms with Gasteiger partial charge in [0.15, 0.2) is 5.11 Å². The number of carbonyl (C=O) groups excluding carboxylic acids is 3. The molecule has 1 heterocycles. The van der Waals surface area contributed by atoms with E-state index >= 15 is 0 Å². The third kappa shape index (κ3) is 6.40. The molecule has 10 heteroatoms. The third-order valence-electron chi connectivity index (χ3n) is 4.35. The van der Waals surface area contributed by atoms with E-state index in [0.717, 1.165) is 12.8 Å². The Morgan fingerprint density at radius 3 is 2.83 bits per heavy atom. The highest BCUT2D eigenvalue weighted by atomic mass is 79.9. The summed E-state index contributed by atoms with van der Waals surface area (Å²) in [6.07, 6.45) is 1.81. The number of hydrogen-bond acceptors (Lipinski definition) is 6. The molecule has 0 aromatic heterocycles. The molecule has 1 saturated heterocycles. The molecule has 0 saturated carbocycles. The van der Waals surface area contributed by atoms with Gasteiger partial charge in [0.25, 0.3) is 5.91 Å². The number of ether oxygens (including phenoxy) is 2. The molecule has 1 atom stereocenters. The minimum Gasteiger partial charge on any atom is -0.492 e. The summed E-state index contributed by atoms with van der Waals surface area (Å²) in [5.41, 5.74) is 0.382. The summed E-state index contributed by atoms with van der Waals surface area (Å²) >= 11 is 8.73. The average molecular weight is 486 g/mol. The van der Waals surface area contributed by atoms with Gasteiger partial charge in [-0.25, -0.2) is 0 Å². The predicted octanol–water partition coefficient (Wildman–Crippen LogP) is 2.01. The van der Waals surface area contributed by atoms with Crippen molar-refractivity contribution < 1.29 is 23.9 Å². The highest BCUT2D eigenvalue weighted by Crippen LogP contribution is 2.26. The molecular weight excluding hydrogens is 462 g/mol. The van der Waals surface area contributed by atoms with Gasteiger partial charge in [-0.05, 0) is 52.8 Å². The molecule has 2 amide bonds. The van der Waals surface area contributed by atoms with Crippen molar-refractivity contribution in [3.63, 3.8) is 0 Å². The van der Waals surface area contributed by atoms with Crippen molar-refractivity contribution in [2.45, 2.75) is 32.2 Å². The largest absolute Gasteiger partial charge is 0.492 e. The van der Waals surface area contributed by atoms with Crippen LogP contribution in [0.3, 0.4) is 0 Å². The van der Waals surface area contributed by atoms with E-state index in [4.69, 9.17) is 17.0 Å². The second-order valence-electron chi connectivity index (χ2n) is 6.39. The summed E-state index contributed by atoms with van der Waals surface area (Å²) in [5.74, 6) is -0.634. The lowest BCUT2D eigenvalue weighted by atomic mass is 10.1. The molecular formula is C19H24BrN3O5S. The Labute approximate surface area is 183 Å². The Kier molecular flexibility index (Phi) is 8.84. The fraction of sp³-hybridized carbons (Fsp3) is 0.474. The van der Waals surface area contributed by atoms with Crippen LogP contribution in [0.25, 0.3) is 0 Å². The first-order chi connectivity index (χ1) is 13.9. The van der Waals surface area contributed by atoms with Gasteiger partial charge in [0, 0.05) is 18.7 Å². The van der Waals surface area contributed by atoms with Gasteiger partial charge in [-0.3, -0.25) is 19.7 Å². The number of hydrogen-bond donors (Lipinski definition) is 2. The van der Waals surface area contributed by atoms with E-state index in [9.17, 15) is 14.4 Å². The number of benzene rings is 1. The maximum atomic E-state index is 12.6. The van der Waals surface area contributed by atoms with E-state index in [1.54, 1.807) is 18.2 Å². The Bertz CT molecular complexity index is 789. The molecule has 0 bridgehead atoms. The van der Waals surface area contributed by atoms with Gasteiger partial charge in [-0.15, -0.1) is 0 Å². The second kappa shape index (κ2) is 11.1. The van der Waals surface area contributed by atoms with Crippen LogP contribution in [0.5, 0.6) is 5.75 Å². The Balaban J connectivity index is 2.04. The first-order valence-electron chi connectivity index (χ1n) is 9.26. The van der Waals surface area contributed by atoms with Crippen LogP contribution in [0.4, 0.5) is 0 Å². The minimum absolute atomic E-state index is 0.0816. The number of amides is 2. The first kappa shape index (κ1) is 23.1. The van der Waals surface area contributed by atoms with Crippen molar-refractivity contribution in [2.24, 2.45) is 0 Å². The lowest BCUT2D eigenvalue weighted by Gasteiger charge is -2.36. The van der Waals surface area contributed by atoms with E-state index in [1.165, 1.54) is 12.0 Å². The standard InChI is InChI=1S/C19H24BrN3O5S/c1-3-4-9-28-15-6-5-12(10-13(15)20)17(25)22-19(29)23-8-7-21-18(26)14(23)11-16(24)27-2/h5-6,10,14H,3-4,7-9,11H2,1-2H3,(H,21,26)(H,22,25,29). The molecule has 0 aliphatic carbocycles. The van der Waals surface area contributed by atoms with Gasteiger partial charge in [-0.1, -0.05) is 13.3 Å². The van der Waals surface area contributed by atoms with E-state index in [1.807, 2.05) is 0 Å². The van der Waals surface area contributed by atoms with E-state index in [0.29, 0.717) is 35.5 Å². The molecule has 0 spiro atoms. The lowest BCUT2D eigenvalue weighted by molar-refractivity contribution is -0.144. The molecule has 1 aliphatic rings. The van der Waals surface area contributed by atoms with Crippen LogP contribution in [0, 0.1) is 0 Å². The maximum absolute atomic E-state index is 12.6. The zero-order valence-corrected chi connectivity index (χ0v) is 18.7. The minimum atomic E-state index is -0.829. The summed E-state index contributed by atoms with van der Waals surface area (Å²) in [4.78, 5) is 37.9. The molecule has 0 radical (unpaired) electrons. The lowest BCUT2D eigenvalue weighted by Crippen LogP contribution is -2.60. The normalized spacial score (nSPS) is 16.0. The Hall–Kier alpha value is -2.20. The monoisotopic (exact) mass is 485 g/mol. The molecule has 29 heavy (non-hydrogen) atoms. The molecule has 1 aromatic rings. The zero-order chi connectivity index (χ0) is 21.4. The van der Waals surface area contributed by atoms with Crippen LogP contribution in [-0.2, 0) is 14.3 Å². The van der Waals surface area contributed by atoms with E-state index in [-0.39, 0.29) is 17.4 Å². The van der Waals surface area contributed by atoms with Crippen molar-refractivity contribution >= 4 is 51.0 Å². The third-order valence-corrected chi connectivity index (χ3v) is 5.31. The topological polar surface area (TPSA) is 97.0 Å². The number of halogens is 1. The quantitative estimate of drug-likeness (QED) is 0.346. The number of nitrogens with zero attached hydrogens (tertiary/aromatic N) is 1. The summed E-state index contributed by atoms with van der Waals surface area (Å²) in [6, 6.07) is 4.17. The molecule has 1 unspecified atom stereocenters. The van der Waals surface area contributed by atoms with Gasteiger partial charge < -0.3 is 19.7 Å². The predicted molar refractivity (Wildman–Crippen MR) is 115 cm³/mol. The van der Waals surface area contributed by atoms with Gasteiger partial charge in [0.2, 0.25) is 5.91 Å². The molecule has 2 rings (SSSR count). The summed E-state index contributed by atoms with van der Waals surface area (Å²) < 4.78 is 11.0. The number of thiocarbonyl (C=S) groups is 1. The maximum Gasteiger partial charge on any atom is 0.308 e. The summed E-state index contributed by atoms with van der Waals surface area (Å²) in [7, 11) is 1.25. The summed E-state index contributed by atoms with van der Waals surface area (Å²) in [5, 5.41) is 5.40. The van der Waals surface area contributed by atoms with Crippen LogP contribution >= 0.6 is 28.1 Å². The van der Waals surface area contributed by atoms with Crippen molar-refractivity contribution in [2.75, 3.05) is 26.8 Å². The molecule has 2 N–H and O–H groups in total. The van der Waals surface area contributed by atoms with Crippen LogP contribution in [-0.4, -0.2) is 60.6 Å². The SMILES string of the molecule is CCCCOc1ccc(C(=O)NC(=S)N2CCNC(=O)C2CC(=O)OC)cc1Br. The fourth-order valence-electron chi connectivity index (χ4n) is 2.73. The van der Waals surface area contributed by atoms with Gasteiger partial charge >= 0.3 is 5.97 Å². The average Bonchev–Trinajstić information content (AvgIpc) is 2.70. The van der Waals surface area contributed by atoms with Crippen molar-refractivity contribution in [1.29, 1.82) is 0 Å². The smallest absolute Gasteiger partial charge is 0.308 e. The number of piperazine rings is 1.